The van der Waals surface area contributed by atoms with E-state index in [0.29, 0.717) is 17.5 Å². The smallest absolute Gasteiger partial charge is 0.0252 e. The summed E-state index contributed by atoms with van der Waals surface area (Å²) >= 11 is 0. The van der Waals surface area contributed by atoms with Gasteiger partial charge in [0.15, 0.2) is 0 Å². The Balaban J connectivity index is 2.02. The summed E-state index contributed by atoms with van der Waals surface area (Å²) in [5.74, 6) is 0.877. The third-order valence-corrected chi connectivity index (χ3v) is 4.56. The molecule has 1 saturated carbocycles. The number of nitrogens with zero attached hydrogens (tertiary/aromatic N) is 1. The molecule has 0 amide bonds. The molecule has 2 nitrogen and oxygen atoms in total. The lowest BCUT2D eigenvalue weighted by Crippen LogP contribution is -2.56. The second-order valence-electron chi connectivity index (χ2n) is 6.36. The Bertz CT molecular complexity index is 225. The molecule has 0 aromatic rings. The van der Waals surface area contributed by atoms with Gasteiger partial charge in [0.2, 0.25) is 0 Å². The molecule has 1 saturated heterocycles. The van der Waals surface area contributed by atoms with Crippen LogP contribution in [0.4, 0.5) is 0 Å². The van der Waals surface area contributed by atoms with Crippen LogP contribution in [0, 0.1) is 11.3 Å². The van der Waals surface area contributed by atoms with Gasteiger partial charge in [-0.2, -0.15) is 0 Å². The van der Waals surface area contributed by atoms with Crippen molar-refractivity contribution in [3.05, 3.63) is 0 Å². The van der Waals surface area contributed by atoms with Crippen molar-refractivity contribution in [3.8, 4) is 0 Å². The van der Waals surface area contributed by atoms with E-state index in [1.807, 2.05) is 0 Å². The minimum Gasteiger partial charge on any atom is -0.326 e. The summed E-state index contributed by atoms with van der Waals surface area (Å²) in [6.45, 7) is 9.58. The maximum Gasteiger partial charge on any atom is 0.0252 e. The average molecular weight is 210 g/mol. The Morgan fingerprint density at radius 3 is 2.60 bits per heavy atom. The molecule has 0 spiro atoms. The minimum atomic E-state index is 0.342. The zero-order valence-electron chi connectivity index (χ0n) is 10.5. The summed E-state index contributed by atoms with van der Waals surface area (Å²) in [7, 11) is 0. The monoisotopic (exact) mass is 210 g/mol. The fourth-order valence-electron chi connectivity index (χ4n) is 3.31. The van der Waals surface area contributed by atoms with Crippen molar-refractivity contribution in [2.45, 2.75) is 58.5 Å². The number of rotatable bonds is 1. The topological polar surface area (TPSA) is 29.3 Å². The Morgan fingerprint density at radius 1 is 1.27 bits per heavy atom. The Labute approximate surface area is 94.2 Å². The van der Waals surface area contributed by atoms with Crippen molar-refractivity contribution in [2.75, 3.05) is 13.1 Å². The van der Waals surface area contributed by atoms with Gasteiger partial charge in [-0.25, -0.2) is 0 Å². The first kappa shape index (κ1) is 11.4. The van der Waals surface area contributed by atoms with Gasteiger partial charge in [0.1, 0.15) is 0 Å². The summed E-state index contributed by atoms with van der Waals surface area (Å²) in [4.78, 5) is 2.65. The van der Waals surface area contributed by atoms with Crippen LogP contribution in [0.5, 0.6) is 0 Å². The molecule has 1 aliphatic carbocycles. The van der Waals surface area contributed by atoms with E-state index in [4.69, 9.17) is 5.73 Å². The SMILES string of the molecule is CC1CCN(C2CCCC(C)(C)C2N)C1. The molecular formula is C13H26N2. The van der Waals surface area contributed by atoms with Gasteiger partial charge in [-0.15, -0.1) is 0 Å². The van der Waals surface area contributed by atoms with Crippen molar-refractivity contribution in [2.24, 2.45) is 17.1 Å². The van der Waals surface area contributed by atoms with Crippen molar-refractivity contribution in [1.29, 1.82) is 0 Å². The van der Waals surface area contributed by atoms with E-state index < -0.39 is 0 Å². The maximum absolute atomic E-state index is 6.44. The lowest BCUT2D eigenvalue weighted by Gasteiger charge is -2.45. The van der Waals surface area contributed by atoms with Gasteiger partial charge < -0.3 is 5.73 Å². The maximum atomic E-state index is 6.44. The van der Waals surface area contributed by atoms with E-state index in [1.165, 1.54) is 38.8 Å². The van der Waals surface area contributed by atoms with Gasteiger partial charge >= 0.3 is 0 Å². The molecule has 2 heteroatoms. The van der Waals surface area contributed by atoms with Gasteiger partial charge in [-0.3, -0.25) is 4.90 Å². The second kappa shape index (κ2) is 4.06. The number of likely N-dealkylation sites (tertiary alicyclic amines) is 1. The van der Waals surface area contributed by atoms with Crippen LogP contribution < -0.4 is 5.73 Å². The van der Waals surface area contributed by atoms with E-state index in [0.717, 1.165) is 5.92 Å². The molecule has 3 unspecified atom stereocenters. The summed E-state index contributed by atoms with van der Waals surface area (Å²) in [6, 6.07) is 1.02. The molecule has 2 fully saturated rings. The molecule has 2 N–H and O–H groups in total. The van der Waals surface area contributed by atoms with Crippen molar-refractivity contribution in [1.82, 2.24) is 4.90 Å². The molecule has 1 aliphatic heterocycles. The molecule has 0 radical (unpaired) electrons. The highest BCUT2D eigenvalue weighted by Crippen LogP contribution is 2.37. The number of hydrogen-bond acceptors (Lipinski definition) is 2. The van der Waals surface area contributed by atoms with E-state index >= 15 is 0 Å². The fourth-order valence-corrected chi connectivity index (χ4v) is 3.31. The van der Waals surface area contributed by atoms with Crippen LogP contribution in [0.1, 0.15) is 46.5 Å². The van der Waals surface area contributed by atoms with E-state index in [2.05, 4.69) is 25.7 Å². The standard InChI is InChI=1S/C13H26N2/c1-10-6-8-15(9-10)11-5-4-7-13(2,3)12(11)14/h10-12H,4-9,14H2,1-3H3. The van der Waals surface area contributed by atoms with Crippen molar-refractivity contribution < 1.29 is 0 Å². The van der Waals surface area contributed by atoms with Crippen LogP contribution in [0.3, 0.4) is 0 Å². The zero-order chi connectivity index (χ0) is 11.1. The minimum absolute atomic E-state index is 0.342. The zero-order valence-corrected chi connectivity index (χ0v) is 10.5. The predicted octanol–water partition coefficient (Wildman–Crippen LogP) is 2.23. The van der Waals surface area contributed by atoms with Crippen LogP contribution in [0.15, 0.2) is 0 Å². The molecule has 3 atom stereocenters. The first-order valence-corrected chi connectivity index (χ1v) is 6.50. The summed E-state index contributed by atoms with van der Waals surface area (Å²) < 4.78 is 0. The van der Waals surface area contributed by atoms with Gasteiger partial charge in [0.25, 0.3) is 0 Å². The normalized spacial score (nSPS) is 42.0. The first-order chi connectivity index (χ1) is 7.00. The molecule has 15 heavy (non-hydrogen) atoms. The molecule has 1 heterocycles. The number of hydrogen-bond donors (Lipinski definition) is 1. The lowest BCUT2D eigenvalue weighted by molar-refractivity contribution is 0.0816. The van der Waals surface area contributed by atoms with Crippen LogP contribution >= 0.6 is 0 Å². The van der Waals surface area contributed by atoms with E-state index in [9.17, 15) is 0 Å². The van der Waals surface area contributed by atoms with Gasteiger partial charge in [-0.1, -0.05) is 27.2 Å². The Kier molecular flexibility index (Phi) is 3.09. The van der Waals surface area contributed by atoms with E-state index in [1.54, 1.807) is 0 Å². The van der Waals surface area contributed by atoms with Gasteiger partial charge in [0.05, 0.1) is 0 Å². The van der Waals surface area contributed by atoms with E-state index in [-0.39, 0.29) is 0 Å². The van der Waals surface area contributed by atoms with Crippen LogP contribution in [0.25, 0.3) is 0 Å². The molecule has 0 aromatic carbocycles. The number of nitrogens with two attached hydrogens (primary N) is 1. The third-order valence-electron chi connectivity index (χ3n) is 4.56. The average Bonchev–Trinajstić information content (AvgIpc) is 2.57. The quantitative estimate of drug-likeness (QED) is 0.719. The molecule has 0 bridgehead atoms. The van der Waals surface area contributed by atoms with Crippen molar-refractivity contribution in [3.63, 3.8) is 0 Å². The third kappa shape index (κ3) is 2.21. The van der Waals surface area contributed by atoms with Gasteiger partial charge in [-0.05, 0) is 37.1 Å². The predicted molar refractivity (Wildman–Crippen MR) is 64.7 cm³/mol. The molecule has 0 aromatic heterocycles. The summed E-state index contributed by atoms with van der Waals surface area (Å²) in [5.41, 5.74) is 6.78. The highest BCUT2D eigenvalue weighted by molar-refractivity contribution is 4.97. The van der Waals surface area contributed by atoms with Gasteiger partial charge in [0, 0.05) is 18.6 Å². The highest BCUT2D eigenvalue weighted by atomic mass is 15.2. The Morgan fingerprint density at radius 2 is 2.00 bits per heavy atom. The van der Waals surface area contributed by atoms with Crippen LogP contribution in [0.2, 0.25) is 0 Å². The lowest BCUT2D eigenvalue weighted by atomic mass is 9.71. The fraction of sp³-hybridized carbons (Fsp3) is 1.00. The first-order valence-electron chi connectivity index (χ1n) is 6.50. The van der Waals surface area contributed by atoms with Crippen LogP contribution in [-0.2, 0) is 0 Å². The van der Waals surface area contributed by atoms with Crippen LogP contribution in [-0.4, -0.2) is 30.1 Å². The summed E-state index contributed by atoms with van der Waals surface area (Å²) in [6.07, 6.45) is 5.34. The second-order valence-corrected chi connectivity index (χ2v) is 6.36. The Hall–Kier alpha value is -0.0800. The van der Waals surface area contributed by atoms with Crippen molar-refractivity contribution >= 4 is 0 Å². The molecule has 88 valence electrons. The molecule has 2 aliphatic rings. The molecular weight excluding hydrogens is 184 g/mol. The molecule has 2 rings (SSSR count). The summed E-state index contributed by atoms with van der Waals surface area (Å²) in [5, 5.41) is 0. The highest BCUT2D eigenvalue weighted by Gasteiger charge is 2.40. The largest absolute Gasteiger partial charge is 0.326 e.